The number of carbonyl (C=O) groups excluding carboxylic acids is 1. The first-order valence-electron chi connectivity index (χ1n) is 6.77. The monoisotopic (exact) mass is 260 g/mol. The topological polar surface area (TPSA) is 32.8 Å². The van der Waals surface area contributed by atoms with Crippen molar-refractivity contribution in [1.82, 2.24) is 5.06 Å². The van der Waals surface area contributed by atoms with Crippen LogP contribution in [0.4, 0.5) is 5.69 Å². The summed E-state index contributed by atoms with van der Waals surface area (Å²) < 4.78 is 0. The number of fused-ring (bicyclic) bond motifs is 3. The van der Waals surface area contributed by atoms with Gasteiger partial charge in [-0.05, 0) is 25.5 Å². The lowest BCUT2D eigenvalue weighted by Crippen LogP contribution is -2.59. The van der Waals surface area contributed by atoms with Crippen LogP contribution in [0.5, 0.6) is 0 Å². The van der Waals surface area contributed by atoms with Gasteiger partial charge in [0.2, 0.25) is 0 Å². The molecule has 1 unspecified atom stereocenters. The van der Waals surface area contributed by atoms with Crippen LogP contribution < -0.4 is 4.90 Å². The number of para-hydroxylation sites is 1. The van der Waals surface area contributed by atoms with Gasteiger partial charge in [0, 0.05) is 11.1 Å². The maximum Gasteiger partial charge on any atom is 0.268 e. The lowest BCUT2D eigenvalue weighted by Gasteiger charge is -2.44. The van der Waals surface area contributed by atoms with E-state index in [2.05, 4.69) is 43.9 Å². The molecule has 0 bridgehead atoms. The molecule has 0 radical (unpaired) electrons. The first-order valence-corrected chi connectivity index (χ1v) is 6.77. The molecule has 2 aliphatic heterocycles. The van der Waals surface area contributed by atoms with Gasteiger partial charge in [-0.2, -0.15) is 5.06 Å². The fourth-order valence-corrected chi connectivity index (χ4v) is 3.44. The second-order valence-electron chi connectivity index (χ2n) is 5.86. The van der Waals surface area contributed by atoms with Crippen LogP contribution in [-0.4, -0.2) is 29.8 Å². The van der Waals surface area contributed by atoms with Gasteiger partial charge in [-0.1, -0.05) is 32.0 Å². The van der Waals surface area contributed by atoms with Crippen molar-refractivity contribution in [2.24, 2.45) is 0 Å². The van der Waals surface area contributed by atoms with E-state index in [0.29, 0.717) is 13.2 Å². The molecule has 1 fully saturated rings. The highest BCUT2D eigenvalue weighted by molar-refractivity contribution is 5.89. The number of hydroxylamine groups is 2. The van der Waals surface area contributed by atoms with E-state index in [-0.39, 0.29) is 11.3 Å². The zero-order valence-corrected chi connectivity index (χ0v) is 11.9. The number of carbonyl (C=O) groups is 1. The molecule has 2 heterocycles. The van der Waals surface area contributed by atoms with E-state index in [1.807, 2.05) is 13.0 Å². The summed E-state index contributed by atoms with van der Waals surface area (Å²) in [5, 5.41) is 1.58. The van der Waals surface area contributed by atoms with Crippen molar-refractivity contribution >= 4 is 11.6 Å². The molecule has 0 aliphatic carbocycles. The molecule has 4 heteroatoms. The van der Waals surface area contributed by atoms with Crippen LogP contribution in [0.1, 0.15) is 33.3 Å². The first kappa shape index (κ1) is 12.5. The Morgan fingerprint density at radius 1 is 1.26 bits per heavy atom. The minimum atomic E-state index is -0.455. The minimum absolute atomic E-state index is 0.0342. The van der Waals surface area contributed by atoms with E-state index in [1.54, 1.807) is 5.06 Å². The van der Waals surface area contributed by atoms with E-state index in [1.165, 1.54) is 5.56 Å². The van der Waals surface area contributed by atoms with Gasteiger partial charge >= 0.3 is 0 Å². The molecule has 1 amide bonds. The maximum absolute atomic E-state index is 12.2. The summed E-state index contributed by atoms with van der Waals surface area (Å²) in [5.41, 5.74) is 1.79. The van der Waals surface area contributed by atoms with Crippen molar-refractivity contribution in [2.75, 3.05) is 18.1 Å². The van der Waals surface area contributed by atoms with E-state index < -0.39 is 5.66 Å². The van der Waals surface area contributed by atoms with Crippen molar-refractivity contribution in [3.63, 3.8) is 0 Å². The molecule has 1 saturated heterocycles. The summed E-state index contributed by atoms with van der Waals surface area (Å²) >= 11 is 0. The number of anilines is 1. The summed E-state index contributed by atoms with van der Waals surface area (Å²) in [6.45, 7) is 9.24. The Morgan fingerprint density at radius 3 is 2.63 bits per heavy atom. The van der Waals surface area contributed by atoms with Crippen LogP contribution in [0.2, 0.25) is 0 Å². The van der Waals surface area contributed by atoms with Crippen molar-refractivity contribution in [2.45, 2.75) is 38.8 Å². The minimum Gasteiger partial charge on any atom is -0.336 e. The Morgan fingerprint density at radius 2 is 1.95 bits per heavy atom. The molecule has 0 saturated carbocycles. The van der Waals surface area contributed by atoms with Crippen molar-refractivity contribution in [1.29, 1.82) is 0 Å². The summed E-state index contributed by atoms with van der Waals surface area (Å²) in [6, 6.07) is 8.31. The van der Waals surface area contributed by atoms with E-state index >= 15 is 0 Å². The third-order valence-electron chi connectivity index (χ3n) is 4.75. The van der Waals surface area contributed by atoms with E-state index in [4.69, 9.17) is 4.84 Å². The lowest BCUT2D eigenvalue weighted by molar-refractivity contribution is -0.212. The average molecular weight is 260 g/mol. The Bertz CT molecular complexity index is 541. The van der Waals surface area contributed by atoms with Gasteiger partial charge in [0.05, 0.1) is 6.61 Å². The number of benzene rings is 1. The fraction of sp³-hybridized carbons (Fsp3) is 0.533. The Hall–Kier alpha value is -1.55. The predicted molar refractivity (Wildman–Crippen MR) is 73.7 cm³/mol. The molecular weight excluding hydrogens is 240 g/mol. The zero-order valence-electron chi connectivity index (χ0n) is 11.9. The van der Waals surface area contributed by atoms with Crippen LogP contribution in [0.25, 0.3) is 0 Å². The third-order valence-corrected chi connectivity index (χ3v) is 4.75. The van der Waals surface area contributed by atoms with Gasteiger partial charge in [-0.3, -0.25) is 9.63 Å². The Labute approximate surface area is 113 Å². The highest BCUT2D eigenvalue weighted by atomic mass is 16.7. The standard InChI is InChI=1S/C15H20N2O2/c1-5-19-17-13(18)10-16-12-9-7-6-8-11(12)14(2,3)15(16,17)4/h6-9H,5,10H2,1-4H3. The predicted octanol–water partition coefficient (Wildman–Crippen LogP) is 2.29. The van der Waals surface area contributed by atoms with Gasteiger partial charge in [-0.15, -0.1) is 0 Å². The lowest BCUT2D eigenvalue weighted by atomic mass is 9.76. The van der Waals surface area contributed by atoms with Crippen LogP contribution >= 0.6 is 0 Å². The fourth-order valence-electron chi connectivity index (χ4n) is 3.44. The van der Waals surface area contributed by atoms with Gasteiger partial charge in [0.25, 0.3) is 5.91 Å². The number of rotatable bonds is 2. The first-order chi connectivity index (χ1) is 8.94. The van der Waals surface area contributed by atoms with Crippen LogP contribution in [-0.2, 0) is 15.0 Å². The van der Waals surface area contributed by atoms with Crippen molar-refractivity contribution < 1.29 is 9.63 Å². The third kappa shape index (κ3) is 1.30. The van der Waals surface area contributed by atoms with Gasteiger partial charge < -0.3 is 4.90 Å². The van der Waals surface area contributed by atoms with Crippen LogP contribution in [0.3, 0.4) is 0 Å². The van der Waals surface area contributed by atoms with E-state index in [0.717, 1.165) is 5.69 Å². The quantitative estimate of drug-likeness (QED) is 0.818. The second-order valence-corrected chi connectivity index (χ2v) is 5.86. The smallest absolute Gasteiger partial charge is 0.268 e. The molecule has 1 atom stereocenters. The molecule has 2 aliphatic rings. The molecule has 0 spiro atoms. The molecule has 1 aromatic carbocycles. The van der Waals surface area contributed by atoms with Gasteiger partial charge in [-0.25, -0.2) is 0 Å². The summed E-state index contributed by atoms with van der Waals surface area (Å²) in [7, 11) is 0. The van der Waals surface area contributed by atoms with Crippen molar-refractivity contribution in [3.8, 4) is 0 Å². The number of nitrogens with zero attached hydrogens (tertiary/aromatic N) is 2. The summed E-state index contributed by atoms with van der Waals surface area (Å²) in [5.74, 6) is 0.0342. The highest BCUT2D eigenvalue weighted by Gasteiger charge is 2.63. The molecule has 19 heavy (non-hydrogen) atoms. The molecule has 1 aromatic rings. The molecule has 102 valence electrons. The average Bonchev–Trinajstić information content (AvgIpc) is 2.73. The van der Waals surface area contributed by atoms with Gasteiger partial charge in [0.15, 0.2) is 0 Å². The molecule has 0 N–H and O–H groups in total. The molecule has 3 rings (SSSR count). The number of amides is 1. The second kappa shape index (κ2) is 3.73. The van der Waals surface area contributed by atoms with Crippen molar-refractivity contribution in [3.05, 3.63) is 29.8 Å². The molecule has 0 aromatic heterocycles. The molecular formula is C15H20N2O2. The molecule has 4 nitrogen and oxygen atoms in total. The maximum atomic E-state index is 12.2. The Balaban J connectivity index is 2.18. The summed E-state index contributed by atoms with van der Waals surface area (Å²) in [6.07, 6.45) is 0. The van der Waals surface area contributed by atoms with Crippen LogP contribution in [0, 0.1) is 0 Å². The highest BCUT2D eigenvalue weighted by Crippen LogP contribution is 2.55. The summed E-state index contributed by atoms with van der Waals surface area (Å²) in [4.78, 5) is 20.0. The Kier molecular flexibility index (Phi) is 2.45. The number of hydrogen-bond donors (Lipinski definition) is 0. The van der Waals surface area contributed by atoms with E-state index in [9.17, 15) is 4.79 Å². The zero-order chi connectivity index (χ0) is 13.8. The van der Waals surface area contributed by atoms with Crippen LogP contribution in [0.15, 0.2) is 24.3 Å². The largest absolute Gasteiger partial charge is 0.336 e. The number of hydrogen-bond acceptors (Lipinski definition) is 3. The van der Waals surface area contributed by atoms with Gasteiger partial charge in [0.1, 0.15) is 12.2 Å². The SMILES string of the molecule is CCON1C(=O)CN2c3ccccc3C(C)(C)C12C. The normalized spacial score (nSPS) is 27.7.